The van der Waals surface area contributed by atoms with Crippen LogP contribution in [0.25, 0.3) is 0 Å². The maximum absolute atomic E-state index is 12.9. The summed E-state index contributed by atoms with van der Waals surface area (Å²) >= 11 is 0. The zero-order valence-corrected chi connectivity index (χ0v) is 15.7. The second-order valence-corrected chi connectivity index (χ2v) is 7.23. The molecule has 0 aromatic heterocycles. The highest BCUT2D eigenvalue weighted by Crippen LogP contribution is 2.36. The number of rotatable bonds is 6. The second-order valence-electron chi connectivity index (χ2n) is 7.23. The number of aliphatic hydroxyl groups is 2. The van der Waals surface area contributed by atoms with Gasteiger partial charge in [-0.05, 0) is 43.2 Å². The fourth-order valence-corrected chi connectivity index (χ4v) is 3.76. The van der Waals surface area contributed by atoms with Crippen LogP contribution in [-0.2, 0) is 0 Å². The summed E-state index contributed by atoms with van der Waals surface area (Å²) in [6, 6.07) is 16.5. The normalized spacial score (nSPS) is 22.5. The summed E-state index contributed by atoms with van der Waals surface area (Å²) in [7, 11) is 0. The number of β-amino-alcohol motifs (C(OH)–C–C–N with tert-alkyl or cyclic N) is 1. The molecule has 1 saturated heterocycles. The highest BCUT2D eigenvalue weighted by molar-refractivity contribution is 5.94. The molecule has 1 aliphatic heterocycles. The molecular formula is C22H27NO4. The number of hydrogen-bond donors (Lipinski definition) is 2. The maximum Gasteiger partial charge on any atom is 0.254 e. The molecule has 0 saturated carbocycles. The van der Waals surface area contributed by atoms with Crippen LogP contribution < -0.4 is 4.74 Å². The minimum Gasteiger partial charge on any atom is -0.457 e. The Morgan fingerprint density at radius 3 is 2.59 bits per heavy atom. The molecule has 2 N–H and O–H groups in total. The van der Waals surface area contributed by atoms with Crippen molar-refractivity contribution in [1.82, 2.24) is 4.90 Å². The van der Waals surface area contributed by atoms with Gasteiger partial charge in [-0.2, -0.15) is 0 Å². The van der Waals surface area contributed by atoms with E-state index in [0.29, 0.717) is 30.0 Å². The first-order valence-corrected chi connectivity index (χ1v) is 9.49. The minimum atomic E-state index is -0.719. The molecule has 0 radical (unpaired) electrons. The van der Waals surface area contributed by atoms with E-state index in [1.54, 1.807) is 23.1 Å². The lowest BCUT2D eigenvalue weighted by atomic mass is 9.73. The van der Waals surface area contributed by atoms with Gasteiger partial charge in [0.1, 0.15) is 11.5 Å². The zero-order chi connectivity index (χ0) is 19.3. The van der Waals surface area contributed by atoms with E-state index in [1.165, 1.54) is 0 Å². The summed E-state index contributed by atoms with van der Waals surface area (Å²) in [5, 5.41) is 20.4. The van der Waals surface area contributed by atoms with Gasteiger partial charge in [0.15, 0.2) is 0 Å². The number of amides is 1. The van der Waals surface area contributed by atoms with Crippen molar-refractivity contribution >= 4 is 5.91 Å². The Bertz CT molecular complexity index is 764. The number of piperidine rings is 1. The molecule has 0 bridgehead atoms. The van der Waals surface area contributed by atoms with Crippen LogP contribution in [0.3, 0.4) is 0 Å². The number of hydrogen-bond acceptors (Lipinski definition) is 4. The summed E-state index contributed by atoms with van der Waals surface area (Å²) in [5.74, 6) is 1.18. The van der Waals surface area contributed by atoms with Gasteiger partial charge in [0.05, 0.1) is 12.7 Å². The molecule has 1 aliphatic rings. The molecule has 1 amide bonds. The van der Waals surface area contributed by atoms with Gasteiger partial charge < -0.3 is 19.8 Å². The molecule has 144 valence electrons. The number of carbonyl (C=O) groups is 1. The first-order chi connectivity index (χ1) is 13.1. The van der Waals surface area contributed by atoms with Gasteiger partial charge in [-0.1, -0.05) is 37.6 Å². The van der Waals surface area contributed by atoms with Crippen LogP contribution in [0.5, 0.6) is 11.5 Å². The molecule has 2 aromatic carbocycles. The second kappa shape index (κ2) is 8.55. The van der Waals surface area contributed by atoms with Crippen LogP contribution >= 0.6 is 0 Å². The maximum atomic E-state index is 12.9. The molecule has 27 heavy (non-hydrogen) atoms. The molecule has 2 aromatic rings. The third-order valence-electron chi connectivity index (χ3n) is 5.39. The number of likely N-dealkylation sites (tertiary alicyclic amines) is 1. The number of ether oxygens (including phenoxy) is 1. The highest BCUT2D eigenvalue weighted by atomic mass is 16.5. The highest BCUT2D eigenvalue weighted by Gasteiger charge is 2.42. The third kappa shape index (κ3) is 4.31. The van der Waals surface area contributed by atoms with Gasteiger partial charge in [-0.3, -0.25) is 4.79 Å². The van der Waals surface area contributed by atoms with Crippen LogP contribution in [0.2, 0.25) is 0 Å². The number of benzene rings is 2. The third-order valence-corrected chi connectivity index (χ3v) is 5.39. The fourth-order valence-electron chi connectivity index (χ4n) is 3.76. The van der Waals surface area contributed by atoms with E-state index < -0.39 is 11.5 Å². The SMILES string of the molecule is CCC[C@]1(CO)CCN(C(=O)c2cccc(Oc3ccccc3)c2)C[C@H]1O. The zero-order valence-electron chi connectivity index (χ0n) is 15.7. The van der Waals surface area contributed by atoms with Crippen molar-refractivity contribution < 1.29 is 19.7 Å². The molecule has 0 aliphatic carbocycles. The van der Waals surface area contributed by atoms with E-state index in [9.17, 15) is 15.0 Å². The van der Waals surface area contributed by atoms with Crippen molar-refractivity contribution in [1.29, 1.82) is 0 Å². The lowest BCUT2D eigenvalue weighted by Crippen LogP contribution is -2.54. The van der Waals surface area contributed by atoms with Gasteiger partial charge in [-0.15, -0.1) is 0 Å². The van der Waals surface area contributed by atoms with Crippen LogP contribution in [0.1, 0.15) is 36.5 Å². The summed E-state index contributed by atoms with van der Waals surface area (Å²) in [5.41, 5.74) is 0.0340. The summed E-state index contributed by atoms with van der Waals surface area (Å²) in [6.07, 6.45) is 1.53. The predicted octanol–water partition coefficient (Wildman–Crippen LogP) is 3.46. The number of para-hydroxylation sites is 1. The lowest BCUT2D eigenvalue weighted by Gasteiger charge is -2.44. The Morgan fingerprint density at radius 1 is 1.19 bits per heavy atom. The first-order valence-electron chi connectivity index (χ1n) is 9.49. The largest absolute Gasteiger partial charge is 0.457 e. The Balaban J connectivity index is 1.70. The molecular weight excluding hydrogens is 342 g/mol. The standard InChI is InChI=1S/C22H27NO4/c1-2-11-22(16-24)12-13-23(15-20(22)25)21(26)17-7-6-10-19(14-17)27-18-8-4-3-5-9-18/h3-10,14,20,24-25H,2,11-13,15-16H2,1H3/t20-,22-/m1/s1. The van der Waals surface area contributed by atoms with Crippen LogP contribution in [0.4, 0.5) is 0 Å². The molecule has 3 rings (SSSR count). The molecule has 5 nitrogen and oxygen atoms in total. The van der Waals surface area contributed by atoms with Crippen molar-refractivity contribution in [2.24, 2.45) is 5.41 Å². The molecule has 2 atom stereocenters. The van der Waals surface area contributed by atoms with Gasteiger partial charge in [0, 0.05) is 24.1 Å². The van der Waals surface area contributed by atoms with Crippen molar-refractivity contribution in [3.8, 4) is 11.5 Å². The van der Waals surface area contributed by atoms with E-state index in [1.807, 2.05) is 43.3 Å². The van der Waals surface area contributed by atoms with E-state index in [0.717, 1.165) is 12.8 Å². The molecule has 1 heterocycles. The Kier molecular flexibility index (Phi) is 6.14. The van der Waals surface area contributed by atoms with Crippen molar-refractivity contribution in [2.75, 3.05) is 19.7 Å². The lowest BCUT2D eigenvalue weighted by molar-refractivity contribution is -0.0713. The van der Waals surface area contributed by atoms with Gasteiger partial charge >= 0.3 is 0 Å². The van der Waals surface area contributed by atoms with E-state index >= 15 is 0 Å². The predicted molar refractivity (Wildman–Crippen MR) is 104 cm³/mol. The Hall–Kier alpha value is -2.37. The monoisotopic (exact) mass is 369 g/mol. The first kappa shape index (κ1) is 19.4. The topological polar surface area (TPSA) is 70.0 Å². The van der Waals surface area contributed by atoms with Gasteiger partial charge in [0.25, 0.3) is 5.91 Å². The molecule has 5 heteroatoms. The fraction of sp³-hybridized carbons (Fsp3) is 0.409. The van der Waals surface area contributed by atoms with Crippen molar-refractivity contribution in [2.45, 2.75) is 32.3 Å². The van der Waals surface area contributed by atoms with Crippen molar-refractivity contribution in [3.63, 3.8) is 0 Å². The van der Waals surface area contributed by atoms with E-state index in [4.69, 9.17) is 4.74 Å². The Labute approximate surface area is 160 Å². The molecule has 0 unspecified atom stereocenters. The van der Waals surface area contributed by atoms with E-state index in [2.05, 4.69) is 0 Å². The average Bonchev–Trinajstić information content (AvgIpc) is 2.70. The summed E-state index contributed by atoms with van der Waals surface area (Å²) < 4.78 is 5.81. The van der Waals surface area contributed by atoms with Crippen LogP contribution in [0.15, 0.2) is 54.6 Å². The summed E-state index contributed by atoms with van der Waals surface area (Å²) in [6.45, 7) is 2.76. The smallest absolute Gasteiger partial charge is 0.254 e. The van der Waals surface area contributed by atoms with Gasteiger partial charge in [0.2, 0.25) is 0 Å². The van der Waals surface area contributed by atoms with Crippen molar-refractivity contribution in [3.05, 3.63) is 60.2 Å². The van der Waals surface area contributed by atoms with Crippen LogP contribution in [-0.4, -0.2) is 46.8 Å². The summed E-state index contributed by atoms with van der Waals surface area (Å²) in [4.78, 5) is 14.6. The van der Waals surface area contributed by atoms with E-state index in [-0.39, 0.29) is 19.1 Å². The van der Waals surface area contributed by atoms with Gasteiger partial charge in [-0.25, -0.2) is 0 Å². The molecule has 1 fully saturated rings. The Morgan fingerprint density at radius 2 is 1.93 bits per heavy atom. The quantitative estimate of drug-likeness (QED) is 0.818. The average molecular weight is 369 g/mol. The number of carbonyl (C=O) groups excluding carboxylic acids is 1. The number of nitrogens with zero attached hydrogens (tertiary/aromatic N) is 1. The number of aliphatic hydroxyl groups excluding tert-OH is 2. The van der Waals surface area contributed by atoms with Crippen LogP contribution in [0, 0.1) is 5.41 Å². The minimum absolute atomic E-state index is 0.0512. The molecule has 0 spiro atoms.